The Morgan fingerprint density at radius 3 is 3.00 bits per heavy atom. The fourth-order valence-electron chi connectivity index (χ4n) is 3.12. The van der Waals surface area contributed by atoms with E-state index < -0.39 is 5.60 Å². The number of ketones is 1. The normalized spacial score (nSPS) is 27.4. The number of aryl methyl sites for hydroxylation is 1. The summed E-state index contributed by atoms with van der Waals surface area (Å²) in [7, 11) is 1.92. The van der Waals surface area contributed by atoms with Crippen LogP contribution in [-0.2, 0) is 23.0 Å². The summed E-state index contributed by atoms with van der Waals surface area (Å²) in [6, 6.07) is 0. The minimum atomic E-state index is -0.571. The summed E-state index contributed by atoms with van der Waals surface area (Å²) in [4.78, 5) is 16.9. The molecule has 0 aromatic carbocycles. The van der Waals surface area contributed by atoms with Crippen LogP contribution < -0.4 is 0 Å². The highest BCUT2D eigenvalue weighted by molar-refractivity contribution is 5.88. The summed E-state index contributed by atoms with van der Waals surface area (Å²) in [5.41, 5.74) is -0.571. The maximum Gasteiger partial charge on any atom is 0.172 e. The van der Waals surface area contributed by atoms with Crippen LogP contribution in [0.1, 0.15) is 45.4 Å². The van der Waals surface area contributed by atoms with Gasteiger partial charge in [0.15, 0.2) is 5.78 Å². The molecule has 1 aromatic heterocycles. The Bertz CT molecular complexity index is 437. The van der Waals surface area contributed by atoms with Crippen LogP contribution in [0.4, 0.5) is 0 Å². The van der Waals surface area contributed by atoms with E-state index in [2.05, 4.69) is 11.9 Å². The van der Waals surface area contributed by atoms with Gasteiger partial charge in [-0.15, -0.1) is 0 Å². The molecule has 0 spiro atoms. The summed E-state index contributed by atoms with van der Waals surface area (Å²) in [6.45, 7) is 4.77. The van der Waals surface area contributed by atoms with Crippen LogP contribution in [0.5, 0.6) is 0 Å². The summed E-state index contributed by atoms with van der Waals surface area (Å²) in [5.74, 6) is 1.57. The first-order valence-corrected chi connectivity index (χ1v) is 7.21. The van der Waals surface area contributed by atoms with Gasteiger partial charge in [-0.1, -0.05) is 13.3 Å². The standard InChI is InChI=1S/C15H24N2O2/c1-4-19-15(7-5-6-12(2)11-15)13(18)10-14-16-8-9-17(14)3/h8-9,12H,4-7,10-11H2,1-3H3. The van der Waals surface area contributed by atoms with Crippen molar-refractivity contribution in [3.63, 3.8) is 0 Å². The lowest BCUT2D eigenvalue weighted by molar-refractivity contribution is -0.150. The molecule has 2 atom stereocenters. The van der Waals surface area contributed by atoms with Crippen LogP contribution >= 0.6 is 0 Å². The van der Waals surface area contributed by atoms with Gasteiger partial charge in [-0.05, 0) is 32.1 Å². The second-order valence-corrected chi connectivity index (χ2v) is 5.68. The molecule has 4 heteroatoms. The fourth-order valence-corrected chi connectivity index (χ4v) is 3.12. The first-order chi connectivity index (χ1) is 9.07. The Morgan fingerprint density at radius 1 is 1.63 bits per heavy atom. The number of nitrogens with zero attached hydrogens (tertiary/aromatic N) is 2. The lowest BCUT2D eigenvalue weighted by Gasteiger charge is -2.38. The van der Waals surface area contributed by atoms with Crippen molar-refractivity contribution in [1.82, 2.24) is 9.55 Å². The number of rotatable bonds is 5. The Morgan fingerprint density at radius 2 is 2.42 bits per heavy atom. The van der Waals surface area contributed by atoms with Gasteiger partial charge >= 0.3 is 0 Å². The predicted molar refractivity (Wildman–Crippen MR) is 73.9 cm³/mol. The first kappa shape index (κ1) is 14.3. The summed E-state index contributed by atoms with van der Waals surface area (Å²) >= 11 is 0. The van der Waals surface area contributed by atoms with Crippen LogP contribution in [0.15, 0.2) is 12.4 Å². The van der Waals surface area contributed by atoms with Gasteiger partial charge in [0, 0.05) is 26.0 Å². The molecule has 1 heterocycles. The Balaban J connectivity index is 2.14. The van der Waals surface area contributed by atoms with Crippen molar-refractivity contribution in [2.75, 3.05) is 6.61 Å². The fraction of sp³-hybridized carbons (Fsp3) is 0.733. The van der Waals surface area contributed by atoms with E-state index in [1.165, 1.54) is 6.42 Å². The number of Topliss-reactive ketones (excluding diaryl/α,β-unsaturated/α-hetero) is 1. The molecular weight excluding hydrogens is 240 g/mol. The number of carbonyl (C=O) groups excluding carboxylic acids is 1. The van der Waals surface area contributed by atoms with E-state index in [1.54, 1.807) is 6.20 Å². The van der Waals surface area contributed by atoms with Crippen LogP contribution in [0.3, 0.4) is 0 Å². The van der Waals surface area contributed by atoms with Gasteiger partial charge < -0.3 is 9.30 Å². The van der Waals surface area contributed by atoms with Gasteiger partial charge in [0.2, 0.25) is 0 Å². The number of hydrogen-bond acceptors (Lipinski definition) is 3. The summed E-state index contributed by atoms with van der Waals surface area (Å²) in [5, 5.41) is 0. The molecule has 1 saturated carbocycles. The van der Waals surface area contributed by atoms with Crippen molar-refractivity contribution in [2.45, 2.75) is 51.6 Å². The SMILES string of the molecule is CCOC1(C(=O)Cc2nccn2C)CCCC(C)C1. The number of hydrogen-bond donors (Lipinski definition) is 0. The van der Waals surface area contributed by atoms with Crippen LogP contribution in [0.2, 0.25) is 0 Å². The van der Waals surface area contributed by atoms with Crippen LogP contribution in [0, 0.1) is 5.92 Å². The highest BCUT2D eigenvalue weighted by Crippen LogP contribution is 2.36. The predicted octanol–water partition coefficient (Wildman–Crippen LogP) is 2.52. The molecule has 0 radical (unpaired) electrons. The van der Waals surface area contributed by atoms with Crippen molar-refractivity contribution in [3.05, 3.63) is 18.2 Å². The van der Waals surface area contributed by atoms with Gasteiger partial charge in [-0.2, -0.15) is 0 Å². The number of ether oxygens (including phenoxy) is 1. The molecule has 1 aliphatic rings. The highest BCUT2D eigenvalue weighted by Gasteiger charge is 2.42. The molecule has 2 unspecified atom stereocenters. The molecule has 2 rings (SSSR count). The van der Waals surface area contributed by atoms with Gasteiger partial charge in [-0.3, -0.25) is 4.79 Å². The van der Waals surface area contributed by atoms with Gasteiger partial charge in [0.05, 0.1) is 6.42 Å². The molecule has 1 aliphatic carbocycles. The van der Waals surface area contributed by atoms with E-state index in [0.717, 1.165) is 25.1 Å². The monoisotopic (exact) mass is 264 g/mol. The summed E-state index contributed by atoms with van der Waals surface area (Å²) < 4.78 is 7.81. The average molecular weight is 264 g/mol. The molecule has 1 aromatic rings. The van der Waals surface area contributed by atoms with Gasteiger partial charge in [-0.25, -0.2) is 4.98 Å². The minimum absolute atomic E-state index is 0.190. The van der Waals surface area contributed by atoms with Crippen molar-refractivity contribution in [1.29, 1.82) is 0 Å². The van der Waals surface area contributed by atoms with Gasteiger partial charge in [0.25, 0.3) is 0 Å². The average Bonchev–Trinajstić information content (AvgIpc) is 2.75. The lowest BCUT2D eigenvalue weighted by Crippen LogP contribution is -2.46. The third-order valence-electron chi connectivity index (χ3n) is 4.12. The maximum absolute atomic E-state index is 12.7. The molecule has 4 nitrogen and oxygen atoms in total. The van der Waals surface area contributed by atoms with Crippen LogP contribution in [-0.4, -0.2) is 27.5 Å². The van der Waals surface area contributed by atoms with E-state index in [0.29, 0.717) is 18.9 Å². The molecule has 19 heavy (non-hydrogen) atoms. The molecule has 0 aliphatic heterocycles. The largest absolute Gasteiger partial charge is 0.367 e. The molecule has 106 valence electrons. The number of aromatic nitrogens is 2. The van der Waals surface area contributed by atoms with Crippen molar-refractivity contribution in [2.24, 2.45) is 13.0 Å². The van der Waals surface area contributed by atoms with Crippen LogP contribution in [0.25, 0.3) is 0 Å². The highest BCUT2D eigenvalue weighted by atomic mass is 16.5. The smallest absolute Gasteiger partial charge is 0.172 e. The minimum Gasteiger partial charge on any atom is -0.367 e. The molecule has 0 amide bonds. The third kappa shape index (κ3) is 3.06. The Labute approximate surface area is 115 Å². The Kier molecular flexibility index (Phi) is 4.40. The molecule has 0 bridgehead atoms. The zero-order valence-corrected chi connectivity index (χ0v) is 12.2. The molecular formula is C15H24N2O2. The van der Waals surface area contributed by atoms with Crippen molar-refractivity contribution in [3.8, 4) is 0 Å². The zero-order valence-electron chi connectivity index (χ0n) is 12.2. The van der Waals surface area contributed by atoms with Gasteiger partial charge in [0.1, 0.15) is 11.4 Å². The lowest BCUT2D eigenvalue weighted by atomic mass is 9.75. The van der Waals surface area contributed by atoms with E-state index in [-0.39, 0.29) is 5.78 Å². The summed E-state index contributed by atoms with van der Waals surface area (Å²) in [6.07, 6.45) is 7.96. The molecule has 0 N–H and O–H groups in total. The number of carbonyl (C=O) groups is 1. The van der Waals surface area contributed by atoms with Crippen molar-refractivity contribution < 1.29 is 9.53 Å². The second-order valence-electron chi connectivity index (χ2n) is 5.68. The first-order valence-electron chi connectivity index (χ1n) is 7.21. The second kappa shape index (κ2) is 5.87. The van der Waals surface area contributed by atoms with Crippen molar-refractivity contribution >= 4 is 5.78 Å². The topological polar surface area (TPSA) is 44.1 Å². The zero-order chi connectivity index (χ0) is 13.9. The maximum atomic E-state index is 12.7. The molecule has 1 fully saturated rings. The van der Waals surface area contributed by atoms with E-state index in [4.69, 9.17) is 4.74 Å². The molecule has 0 saturated heterocycles. The Hall–Kier alpha value is -1.16. The van der Waals surface area contributed by atoms with E-state index in [1.807, 2.05) is 24.7 Å². The number of imidazole rings is 1. The third-order valence-corrected chi connectivity index (χ3v) is 4.12. The van der Waals surface area contributed by atoms with E-state index >= 15 is 0 Å². The van der Waals surface area contributed by atoms with E-state index in [9.17, 15) is 4.79 Å². The quantitative estimate of drug-likeness (QED) is 0.821.